The molecule has 1 aliphatic heterocycles. The van der Waals surface area contributed by atoms with Crippen LogP contribution >= 0.6 is 0 Å². The van der Waals surface area contributed by atoms with Crippen molar-refractivity contribution in [3.05, 3.63) is 24.3 Å². The van der Waals surface area contributed by atoms with Gasteiger partial charge >= 0.3 is 0 Å². The first-order chi connectivity index (χ1) is 9.52. The average molecular weight is 285 g/mol. The first-order valence-electron chi connectivity index (χ1n) is 6.23. The van der Waals surface area contributed by atoms with Crippen molar-refractivity contribution in [1.82, 2.24) is 0 Å². The van der Waals surface area contributed by atoms with Gasteiger partial charge < -0.3 is 35.3 Å². The highest BCUT2D eigenvalue weighted by molar-refractivity contribution is 5.41. The third kappa shape index (κ3) is 3.20. The molecule has 0 radical (unpaired) electrons. The molecule has 0 saturated carbocycles. The van der Waals surface area contributed by atoms with Crippen LogP contribution in [0.5, 0.6) is 5.75 Å². The van der Waals surface area contributed by atoms with Crippen LogP contribution in [0.1, 0.15) is 0 Å². The van der Waals surface area contributed by atoms with Crippen molar-refractivity contribution in [3.63, 3.8) is 0 Å². The Balaban J connectivity index is 2.07. The molecule has 5 N–H and O–H groups in total. The Kier molecular flexibility index (Phi) is 4.79. The van der Waals surface area contributed by atoms with Crippen LogP contribution in [0, 0.1) is 0 Å². The van der Waals surface area contributed by atoms with Crippen LogP contribution in [-0.4, -0.2) is 59.7 Å². The van der Waals surface area contributed by atoms with E-state index in [0.717, 1.165) is 0 Å². The number of nitrogen functional groups attached to an aromatic ring is 1. The molecule has 1 aliphatic rings. The van der Waals surface area contributed by atoms with Crippen molar-refractivity contribution >= 4 is 5.69 Å². The van der Waals surface area contributed by atoms with E-state index in [1.807, 2.05) is 0 Å². The summed E-state index contributed by atoms with van der Waals surface area (Å²) in [5, 5.41) is 29.5. The lowest BCUT2D eigenvalue weighted by Gasteiger charge is -2.39. The lowest BCUT2D eigenvalue weighted by atomic mass is 9.99. The standard InChI is InChI=1S/C13H19NO6/c1-18-6-9-10(15)11(16)12(17)13(20-9)19-8-4-2-7(14)3-5-8/h2-5,9-13,15-17H,6,14H2,1H3/t9-,10+,11+,12-,13-/m1/s1. The molecular formula is C13H19NO6. The molecule has 0 aliphatic carbocycles. The minimum absolute atomic E-state index is 0.0759. The van der Waals surface area contributed by atoms with E-state index in [4.69, 9.17) is 19.9 Å². The molecule has 112 valence electrons. The zero-order valence-electron chi connectivity index (χ0n) is 11.0. The average Bonchev–Trinajstić information content (AvgIpc) is 2.44. The smallest absolute Gasteiger partial charge is 0.229 e. The zero-order chi connectivity index (χ0) is 14.7. The van der Waals surface area contributed by atoms with Gasteiger partial charge in [-0.3, -0.25) is 0 Å². The van der Waals surface area contributed by atoms with Gasteiger partial charge in [-0.25, -0.2) is 0 Å². The van der Waals surface area contributed by atoms with E-state index < -0.39 is 30.7 Å². The minimum atomic E-state index is -1.37. The number of rotatable bonds is 4. The third-order valence-electron chi connectivity index (χ3n) is 3.13. The molecule has 1 fully saturated rings. The fourth-order valence-corrected chi connectivity index (χ4v) is 2.00. The van der Waals surface area contributed by atoms with Gasteiger partial charge in [0.15, 0.2) is 0 Å². The molecule has 1 heterocycles. The number of hydrogen-bond acceptors (Lipinski definition) is 7. The summed E-state index contributed by atoms with van der Waals surface area (Å²) in [4.78, 5) is 0. The minimum Gasteiger partial charge on any atom is -0.462 e. The molecule has 0 bridgehead atoms. The number of anilines is 1. The Bertz CT molecular complexity index is 425. The number of aliphatic hydroxyl groups excluding tert-OH is 3. The Morgan fingerprint density at radius 3 is 2.35 bits per heavy atom. The first-order valence-corrected chi connectivity index (χ1v) is 6.23. The molecule has 20 heavy (non-hydrogen) atoms. The summed E-state index contributed by atoms with van der Waals surface area (Å²) in [5.41, 5.74) is 6.14. The molecule has 1 saturated heterocycles. The van der Waals surface area contributed by atoms with Gasteiger partial charge in [0.25, 0.3) is 0 Å². The highest BCUT2D eigenvalue weighted by Crippen LogP contribution is 2.24. The maximum atomic E-state index is 9.88. The summed E-state index contributed by atoms with van der Waals surface area (Å²) in [6.07, 6.45) is -5.86. The molecule has 7 heteroatoms. The first kappa shape index (κ1) is 15.0. The van der Waals surface area contributed by atoms with Crippen LogP contribution < -0.4 is 10.5 Å². The van der Waals surface area contributed by atoms with E-state index in [-0.39, 0.29) is 6.61 Å². The third-order valence-corrected chi connectivity index (χ3v) is 3.13. The largest absolute Gasteiger partial charge is 0.462 e. The summed E-state index contributed by atoms with van der Waals surface area (Å²) in [7, 11) is 1.45. The van der Waals surface area contributed by atoms with Gasteiger partial charge in [0.2, 0.25) is 6.29 Å². The number of hydrogen-bond donors (Lipinski definition) is 4. The summed E-state index contributed by atoms with van der Waals surface area (Å²) in [6, 6.07) is 6.52. The zero-order valence-corrected chi connectivity index (χ0v) is 11.0. The Morgan fingerprint density at radius 1 is 1.10 bits per heavy atom. The maximum Gasteiger partial charge on any atom is 0.229 e. The van der Waals surface area contributed by atoms with E-state index in [1.165, 1.54) is 7.11 Å². The lowest BCUT2D eigenvalue weighted by molar-refractivity contribution is -0.278. The van der Waals surface area contributed by atoms with Crippen LogP contribution in [0.3, 0.4) is 0 Å². The van der Waals surface area contributed by atoms with Gasteiger partial charge in [-0.2, -0.15) is 0 Å². The van der Waals surface area contributed by atoms with Gasteiger partial charge in [0.1, 0.15) is 30.2 Å². The number of ether oxygens (including phenoxy) is 3. The predicted octanol–water partition coefficient (Wildman–Crippen LogP) is -0.898. The van der Waals surface area contributed by atoms with Crippen LogP contribution in [-0.2, 0) is 9.47 Å². The summed E-state index contributed by atoms with van der Waals surface area (Å²) >= 11 is 0. The van der Waals surface area contributed by atoms with E-state index in [9.17, 15) is 15.3 Å². The molecule has 2 rings (SSSR count). The Morgan fingerprint density at radius 2 is 1.75 bits per heavy atom. The SMILES string of the molecule is COC[C@H]1O[C@@H](Oc2ccc(N)cc2)[C@H](O)[C@@H](O)[C@H]1O. The van der Waals surface area contributed by atoms with Crippen LogP contribution in [0.15, 0.2) is 24.3 Å². The number of aliphatic hydroxyl groups is 3. The van der Waals surface area contributed by atoms with Crippen molar-refractivity contribution in [1.29, 1.82) is 0 Å². The van der Waals surface area contributed by atoms with Crippen molar-refractivity contribution in [2.75, 3.05) is 19.5 Å². The Labute approximate surface area is 116 Å². The molecule has 0 amide bonds. The highest BCUT2D eigenvalue weighted by Gasteiger charge is 2.44. The van der Waals surface area contributed by atoms with E-state index in [0.29, 0.717) is 11.4 Å². The molecule has 7 nitrogen and oxygen atoms in total. The van der Waals surface area contributed by atoms with Crippen molar-refractivity contribution in [2.45, 2.75) is 30.7 Å². The molecular weight excluding hydrogens is 266 g/mol. The summed E-state index contributed by atoms with van der Waals surface area (Å²) in [5.74, 6) is 0.433. The molecule has 5 atom stereocenters. The quantitative estimate of drug-likeness (QED) is 0.530. The monoisotopic (exact) mass is 285 g/mol. The number of nitrogens with two attached hydrogens (primary N) is 1. The highest BCUT2D eigenvalue weighted by atomic mass is 16.7. The maximum absolute atomic E-state index is 9.88. The van der Waals surface area contributed by atoms with Gasteiger partial charge in [0.05, 0.1) is 6.61 Å². The normalized spacial score (nSPS) is 33.9. The summed E-state index contributed by atoms with van der Waals surface area (Å²) < 4.78 is 15.8. The number of benzene rings is 1. The van der Waals surface area contributed by atoms with Crippen molar-refractivity contribution < 1.29 is 29.5 Å². The Hall–Kier alpha value is -1.38. The lowest BCUT2D eigenvalue weighted by Crippen LogP contribution is -2.60. The van der Waals surface area contributed by atoms with Crippen LogP contribution in [0.2, 0.25) is 0 Å². The van der Waals surface area contributed by atoms with Gasteiger partial charge in [-0.1, -0.05) is 0 Å². The molecule has 1 aromatic rings. The van der Waals surface area contributed by atoms with Gasteiger partial charge in [-0.05, 0) is 24.3 Å². The van der Waals surface area contributed by atoms with E-state index >= 15 is 0 Å². The van der Waals surface area contributed by atoms with Crippen LogP contribution in [0.25, 0.3) is 0 Å². The molecule has 0 unspecified atom stereocenters. The molecule has 1 aromatic carbocycles. The second-order valence-electron chi connectivity index (χ2n) is 4.66. The predicted molar refractivity (Wildman–Crippen MR) is 70.0 cm³/mol. The fourth-order valence-electron chi connectivity index (χ4n) is 2.00. The van der Waals surface area contributed by atoms with Crippen LogP contribution in [0.4, 0.5) is 5.69 Å². The topological polar surface area (TPSA) is 114 Å². The fraction of sp³-hybridized carbons (Fsp3) is 0.538. The van der Waals surface area contributed by atoms with Gasteiger partial charge in [-0.15, -0.1) is 0 Å². The second-order valence-corrected chi connectivity index (χ2v) is 4.66. The van der Waals surface area contributed by atoms with E-state index in [1.54, 1.807) is 24.3 Å². The second kappa shape index (κ2) is 6.38. The molecule has 0 spiro atoms. The van der Waals surface area contributed by atoms with Crippen molar-refractivity contribution in [2.24, 2.45) is 0 Å². The van der Waals surface area contributed by atoms with Gasteiger partial charge in [0, 0.05) is 12.8 Å². The summed E-state index contributed by atoms with van der Waals surface area (Å²) in [6.45, 7) is 0.0759. The van der Waals surface area contributed by atoms with E-state index in [2.05, 4.69) is 0 Å². The number of methoxy groups -OCH3 is 1. The molecule has 0 aromatic heterocycles. The van der Waals surface area contributed by atoms with Crippen molar-refractivity contribution in [3.8, 4) is 5.75 Å².